The number of fused-ring (bicyclic) bond motifs is 3. The first-order valence-corrected chi connectivity index (χ1v) is 20.3. The van der Waals surface area contributed by atoms with Crippen molar-refractivity contribution >= 4 is 14.9 Å². The Labute approximate surface area is 279 Å². The molecule has 7 atom stereocenters. The van der Waals surface area contributed by atoms with Crippen molar-refractivity contribution in [2.45, 2.75) is 169 Å². The molecular formula is C39H68N3O2Si. The number of hydrogen-bond donors (Lipinski definition) is 1. The lowest BCUT2D eigenvalue weighted by Gasteiger charge is -2.64. The van der Waals surface area contributed by atoms with Crippen LogP contribution < -0.4 is 5.32 Å². The number of carbonyl (C=O) groups excluding carboxylic acids is 1. The first-order chi connectivity index (χ1) is 21.2. The number of aromatic nitrogens is 2. The minimum absolute atomic E-state index is 0.211. The van der Waals surface area contributed by atoms with E-state index in [-0.39, 0.29) is 16.4 Å². The second-order valence-electron chi connectivity index (χ2n) is 17.5. The highest BCUT2D eigenvalue weighted by Crippen LogP contribution is 2.66. The average molecular weight is 639 g/mol. The van der Waals surface area contributed by atoms with Crippen molar-refractivity contribution in [2.75, 3.05) is 6.54 Å². The van der Waals surface area contributed by atoms with E-state index in [1.165, 1.54) is 57.8 Å². The molecule has 0 aromatic carbocycles. The molecule has 0 saturated heterocycles. The molecule has 1 N–H and O–H groups in total. The minimum Gasteiger partial charge on any atom is -0.412 e. The topological polar surface area (TPSA) is 64.1 Å². The summed E-state index contributed by atoms with van der Waals surface area (Å²) in [5.74, 6) is 4.00. The average Bonchev–Trinajstić information content (AvgIpc) is 2.97. The fourth-order valence-corrected chi connectivity index (χ4v) is 13.6. The van der Waals surface area contributed by atoms with Gasteiger partial charge in [-0.05, 0) is 121 Å². The second kappa shape index (κ2) is 15.7. The van der Waals surface area contributed by atoms with E-state index in [4.69, 9.17) is 4.43 Å². The Morgan fingerprint density at radius 3 is 2.47 bits per heavy atom. The Morgan fingerprint density at radius 1 is 1.04 bits per heavy atom. The molecule has 3 aliphatic rings. The third-order valence-electron chi connectivity index (χ3n) is 12.6. The maximum atomic E-state index is 12.9. The Balaban J connectivity index is 1.24. The molecule has 3 unspecified atom stereocenters. The Bertz CT molecular complexity index is 1060. The van der Waals surface area contributed by atoms with Crippen LogP contribution in [0.25, 0.3) is 0 Å². The van der Waals surface area contributed by atoms with E-state index in [2.05, 4.69) is 83.9 Å². The van der Waals surface area contributed by atoms with Gasteiger partial charge in [-0.25, -0.2) is 0 Å². The van der Waals surface area contributed by atoms with Gasteiger partial charge in [0.25, 0.3) is 0 Å². The largest absolute Gasteiger partial charge is 0.412 e. The van der Waals surface area contributed by atoms with Crippen molar-refractivity contribution < 1.29 is 9.22 Å². The first kappa shape index (κ1) is 36.6. The Morgan fingerprint density at radius 2 is 1.78 bits per heavy atom. The van der Waals surface area contributed by atoms with Crippen molar-refractivity contribution in [2.24, 2.45) is 40.4 Å². The van der Waals surface area contributed by atoms with Crippen molar-refractivity contribution in [3.05, 3.63) is 24.0 Å². The molecule has 5 nitrogen and oxygen atoms in total. The molecule has 1 aromatic rings. The summed E-state index contributed by atoms with van der Waals surface area (Å²) in [6.07, 6.45) is 18.7. The van der Waals surface area contributed by atoms with Gasteiger partial charge in [0, 0.05) is 19.2 Å². The van der Waals surface area contributed by atoms with Crippen LogP contribution in [0.3, 0.4) is 0 Å². The summed E-state index contributed by atoms with van der Waals surface area (Å²) < 4.78 is 7.20. The number of amides is 1. The highest BCUT2D eigenvalue weighted by molar-refractivity contribution is 6.56. The lowest BCUT2D eigenvalue weighted by atomic mass is 9.42. The van der Waals surface area contributed by atoms with Crippen LogP contribution in [0.1, 0.15) is 151 Å². The maximum Gasteiger partial charge on any atom is 0.220 e. The molecule has 1 radical (unpaired) electrons. The molecule has 4 rings (SSSR count). The summed E-state index contributed by atoms with van der Waals surface area (Å²) >= 11 is 0. The molecular weight excluding hydrogens is 571 g/mol. The van der Waals surface area contributed by atoms with Gasteiger partial charge in [0.15, 0.2) is 0 Å². The summed E-state index contributed by atoms with van der Waals surface area (Å²) in [6, 6.07) is 4.02. The predicted octanol–water partition coefficient (Wildman–Crippen LogP) is 9.97. The van der Waals surface area contributed by atoms with Crippen LogP contribution in [0.15, 0.2) is 18.3 Å². The molecule has 0 aliphatic heterocycles. The van der Waals surface area contributed by atoms with Crippen LogP contribution >= 0.6 is 0 Å². The van der Waals surface area contributed by atoms with Crippen LogP contribution in [0, 0.1) is 40.4 Å². The van der Waals surface area contributed by atoms with Gasteiger partial charge in [0.2, 0.25) is 14.9 Å². The number of hydrogen-bond acceptors (Lipinski definition) is 4. The van der Waals surface area contributed by atoms with Gasteiger partial charge in [-0.15, -0.1) is 0 Å². The summed E-state index contributed by atoms with van der Waals surface area (Å²) in [5, 5.41) is 11.6. The highest BCUT2D eigenvalue weighted by atomic mass is 28.3. The summed E-state index contributed by atoms with van der Waals surface area (Å²) in [4.78, 5) is 12.9. The van der Waals surface area contributed by atoms with Gasteiger partial charge in [-0.2, -0.15) is 10.2 Å². The molecule has 1 heterocycles. The Kier molecular flexibility index (Phi) is 12.8. The Hall–Kier alpha value is -1.27. The van der Waals surface area contributed by atoms with E-state index in [1.807, 2.05) is 6.07 Å². The molecule has 3 saturated carbocycles. The molecule has 1 amide bonds. The number of nitrogens with zero attached hydrogens (tertiary/aromatic N) is 2. The van der Waals surface area contributed by atoms with Crippen LogP contribution in [0.2, 0.25) is 10.6 Å². The third kappa shape index (κ3) is 9.00. The lowest BCUT2D eigenvalue weighted by Crippen LogP contribution is -2.59. The highest BCUT2D eigenvalue weighted by Gasteiger charge is 2.60. The van der Waals surface area contributed by atoms with E-state index in [0.29, 0.717) is 29.4 Å². The number of aryl methyl sites for hydroxylation is 1. The van der Waals surface area contributed by atoms with Gasteiger partial charge in [0.1, 0.15) is 0 Å². The van der Waals surface area contributed by atoms with Gasteiger partial charge in [0.05, 0.1) is 11.8 Å². The molecule has 1 aromatic heterocycles. The number of nitrogens with one attached hydrogen (secondary N) is 1. The van der Waals surface area contributed by atoms with Crippen molar-refractivity contribution in [1.82, 2.24) is 15.5 Å². The zero-order chi connectivity index (χ0) is 32.8. The number of rotatable bonds is 14. The van der Waals surface area contributed by atoms with Crippen LogP contribution in [-0.4, -0.2) is 37.8 Å². The van der Waals surface area contributed by atoms with Gasteiger partial charge < -0.3 is 9.74 Å². The standard InChI is InChI=1S/C39H68N3O2Si/c1-28(2)45(37(4,5)6)44-35-24-25-39(9)33-21-18-29(3)31(32(33)19-22-34(39)38(35,7)8)20-23-36(43)40-26-14-12-10-11-13-16-30-17-15-27-41-42-30/h15,17,27-29,31-35H,10-14,16,18-26H2,1-9H3,(H,40,43)/t29-,31-,32?,33?,34?,35+,39-/m1/s1. The predicted molar refractivity (Wildman–Crippen MR) is 189 cm³/mol. The van der Waals surface area contributed by atoms with Crippen LogP contribution in [0.4, 0.5) is 0 Å². The first-order valence-electron chi connectivity index (χ1n) is 18.8. The van der Waals surface area contributed by atoms with Crippen molar-refractivity contribution in [3.63, 3.8) is 0 Å². The lowest BCUT2D eigenvalue weighted by molar-refractivity contribution is -0.166. The summed E-state index contributed by atoms with van der Waals surface area (Å²) in [5.41, 5.74) is 2.32. The maximum absolute atomic E-state index is 12.9. The summed E-state index contributed by atoms with van der Waals surface area (Å²) in [7, 11) is -0.922. The van der Waals surface area contributed by atoms with Gasteiger partial charge in [-0.1, -0.05) is 88.0 Å². The number of carbonyl (C=O) groups is 1. The van der Waals surface area contributed by atoms with E-state index in [0.717, 1.165) is 61.6 Å². The molecule has 6 heteroatoms. The van der Waals surface area contributed by atoms with Crippen molar-refractivity contribution in [1.29, 1.82) is 0 Å². The normalized spacial score (nSPS) is 31.4. The molecule has 45 heavy (non-hydrogen) atoms. The smallest absolute Gasteiger partial charge is 0.220 e. The van der Waals surface area contributed by atoms with Crippen molar-refractivity contribution in [3.8, 4) is 0 Å². The zero-order valence-electron chi connectivity index (χ0n) is 30.6. The van der Waals surface area contributed by atoms with Gasteiger partial charge in [-0.3, -0.25) is 4.79 Å². The van der Waals surface area contributed by atoms with Crippen LogP contribution in [-0.2, 0) is 15.6 Å². The number of unbranched alkanes of at least 4 members (excludes halogenated alkanes) is 4. The molecule has 3 fully saturated rings. The zero-order valence-corrected chi connectivity index (χ0v) is 31.6. The van der Waals surface area contributed by atoms with E-state index < -0.39 is 9.04 Å². The minimum atomic E-state index is -0.922. The van der Waals surface area contributed by atoms with E-state index in [1.54, 1.807) is 6.20 Å². The SMILES string of the molecule is CC(C)[Si](O[C@H]1CC[C@]2(C)C3CC[C@@H](C)[C@@H](CCC(=O)NCCCCCCCc4cccnn4)C3CCC2C1(C)C)C(C)(C)C. The fourth-order valence-electron chi connectivity index (χ4n) is 10.5. The molecule has 0 spiro atoms. The quantitative estimate of drug-likeness (QED) is 0.163. The molecule has 0 bridgehead atoms. The molecule has 3 aliphatic carbocycles. The van der Waals surface area contributed by atoms with E-state index in [9.17, 15) is 4.79 Å². The third-order valence-corrected chi connectivity index (χ3v) is 15.7. The second-order valence-corrected chi connectivity index (χ2v) is 21.1. The summed E-state index contributed by atoms with van der Waals surface area (Å²) in [6.45, 7) is 23.0. The van der Waals surface area contributed by atoms with Crippen LogP contribution in [0.5, 0.6) is 0 Å². The monoisotopic (exact) mass is 639 g/mol. The van der Waals surface area contributed by atoms with Gasteiger partial charge >= 0.3 is 0 Å². The van der Waals surface area contributed by atoms with E-state index >= 15 is 0 Å². The molecule has 255 valence electrons. The fraction of sp³-hybridized carbons (Fsp3) is 0.872.